The Hall–Kier alpha value is -0.200. The van der Waals surface area contributed by atoms with Gasteiger partial charge < -0.3 is 4.42 Å². The standard InChI is InChI=1S/C7H4Br2N2OS/c1-3-2-4(13-5(3)8)6-10-11-7(9)12-6/h2H,1H3. The molecule has 2 aromatic rings. The van der Waals surface area contributed by atoms with Gasteiger partial charge in [-0.2, -0.15) is 0 Å². The summed E-state index contributed by atoms with van der Waals surface area (Å²) in [5.41, 5.74) is 1.18. The van der Waals surface area contributed by atoms with Crippen LogP contribution in [0.15, 0.2) is 19.1 Å². The fraction of sp³-hybridized carbons (Fsp3) is 0.143. The lowest BCUT2D eigenvalue weighted by Gasteiger charge is -1.82. The SMILES string of the molecule is Cc1cc(-c2nnc(Br)o2)sc1Br. The van der Waals surface area contributed by atoms with E-state index in [2.05, 4.69) is 42.1 Å². The normalized spacial score (nSPS) is 10.7. The summed E-state index contributed by atoms with van der Waals surface area (Å²) >= 11 is 8.12. The van der Waals surface area contributed by atoms with E-state index in [0.29, 0.717) is 10.7 Å². The van der Waals surface area contributed by atoms with Crippen molar-refractivity contribution in [2.24, 2.45) is 0 Å². The summed E-state index contributed by atoms with van der Waals surface area (Å²) in [5, 5.41) is 7.59. The van der Waals surface area contributed by atoms with Crippen LogP contribution in [0.1, 0.15) is 5.56 Å². The molecule has 0 aliphatic carbocycles. The highest BCUT2D eigenvalue weighted by Gasteiger charge is 2.10. The number of hydrogen-bond acceptors (Lipinski definition) is 4. The number of aryl methyl sites for hydroxylation is 1. The molecular formula is C7H4Br2N2OS. The molecular weight excluding hydrogens is 320 g/mol. The Balaban J connectivity index is 2.46. The van der Waals surface area contributed by atoms with Crippen LogP contribution in [0.2, 0.25) is 0 Å². The molecule has 0 saturated heterocycles. The molecule has 0 radical (unpaired) electrons. The maximum atomic E-state index is 5.22. The van der Waals surface area contributed by atoms with Crippen molar-refractivity contribution in [3.63, 3.8) is 0 Å². The average molecular weight is 324 g/mol. The Bertz CT molecular complexity index is 418. The molecule has 0 spiro atoms. The van der Waals surface area contributed by atoms with Gasteiger partial charge in [0, 0.05) is 15.9 Å². The van der Waals surface area contributed by atoms with Gasteiger partial charge in [-0.05, 0) is 34.5 Å². The van der Waals surface area contributed by atoms with Crippen LogP contribution in [0.5, 0.6) is 0 Å². The molecule has 2 aromatic heterocycles. The first-order chi connectivity index (χ1) is 6.16. The molecule has 0 atom stereocenters. The van der Waals surface area contributed by atoms with Crippen molar-refractivity contribution < 1.29 is 4.42 Å². The van der Waals surface area contributed by atoms with Gasteiger partial charge in [0.2, 0.25) is 0 Å². The van der Waals surface area contributed by atoms with Crippen LogP contribution in [0.25, 0.3) is 10.8 Å². The molecule has 6 heteroatoms. The zero-order chi connectivity index (χ0) is 9.42. The smallest absolute Gasteiger partial charge is 0.285 e. The number of hydrogen-bond donors (Lipinski definition) is 0. The first-order valence-corrected chi connectivity index (χ1v) is 5.82. The van der Waals surface area contributed by atoms with Gasteiger partial charge in [-0.1, -0.05) is 0 Å². The lowest BCUT2D eigenvalue weighted by molar-refractivity contribution is 0.541. The van der Waals surface area contributed by atoms with E-state index in [4.69, 9.17) is 4.42 Å². The van der Waals surface area contributed by atoms with Crippen LogP contribution < -0.4 is 0 Å². The molecule has 0 fully saturated rings. The van der Waals surface area contributed by atoms with Gasteiger partial charge in [0.25, 0.3) is 10.7 Å². The summed E-state index contributed by atoms with van der Waals surface area (Å²) in [7, 11) is 0. The summed E-state index contributed by atoms with van der Waals surface area (Å²) in [6.07, 6.45) is 0. The van der Waals surface area contributed by atoms with Crippen LogP contribution in [0, 0.1) is 6.92 Å². The van der Waals surface area contributed by atoms with Gasteiger partial charge >= 0.3 is 0 Å². The topological polar surface area (TPSA) is 38.9 Å². The third kappa shape index (κ3) is 1.84. The van der Waals surface area contributed by atoms with E-state index < -0.39 is 0 Å². The summed E-state index contributed by atoms with van der Waals surface area (Å²) in [6.45, 7) is 2.02. The average Bonchev–Trinajstić information content (AvgIpc) is 2.61. The monoisotopic (exact) mass is 322 g/mol. The number of thiophene rings is 1. The van der Waals surface area contributed by atoms with E-state index in [0.717, 1.165) is 8.66 Å². The minimum Gasteiger partial charge on any atom is -0.410 e. The number of rotatable bonds is 1. The van der Waals surface area contributed by atoms with E-state index >= 15 is 0 Å². The Morgan fingerprint density at radius 3 is 2.62 bits per heavy atom. The second kappa shape index (κ2) is 3.51. The van der Waals surface area contributed by atoms with Crippen molar-refractivity contribution in [3.8, 4) is 10.8 Å². The van der Waals surface area contributed by atoms with Gasteiger partial charge in [-0.15, -0.1) is 21.5 Å². The van der Waals surface area contributed by atoms with E-state index in [1.54, 1.807) is 11.3 Å². The minimum atomic E-state index is 0.407. The highest BCUT2D eigenvalue weighted by molar-refractivity contribution is 9.11. The van der Waals surface area contributed by atoms with E-state index in [9.17, 15) is 0 Å². The molecule has 13 heavy (non-hydrogen) atoms. The molecule has 0 amide bonds. The lowest BCUT2D eigenvalue weighted by Crippen LogP contribution is -1.70. The molecule has 0 aliphatic rings. The van der Waals surface area contributed by atoms with Crippen LogP contribution in [-0.4, -0.2) is 10.2 Å². The van der Waals surface area contributed by atoms with Crippen LogP contribution in [-0.2, 0) is 0 Å². The van der Waals surface area contributed by atoms with Crippen molar-refractivity contribution in [3.05, 3.63) is 20.2 Å². The molecule has 0 unspecified atom stereocenters. The maximum absolute atomic E-state index is 5.22. The molecule has 0 bridgehead atoms. The highest BCUT2D eigenvalue weighted by Crippen LogP contribution is 2.34. The van der Waals surface area contributed by atoms with Gasteiger partial charge in [0.05, 0.1) is 8.66 Å². The van der Waals surface area contributed by atoms with Crippen LogP contribution in [0.4, 0.5) is 0 Å². The maximum Gasteiger partial charge on any atom is 0.285 e. The molecule has 0 aromatic carbocycles. The van der Waals surface area contributed by atoms with Crippen LogP contribution >= 0.6 is 43.2 Å². The van der Waals surface area contributed by atoms with Gasteiger partial charge in [-0.25, -0.2) is 0 Å². The predicted molar refractivity (Wildman–Crippen MR) is 57.7 cm³/mol. The van der Waals surface area contributed by atoms with Crippen molar-refractivity contribution >= 4 is 43.2 Å². The number of halogens is 2. The van der Waals surface area contributed by atoms with Crippen molar-refractivity contribution in [2.75, 3.05) is 0 Å². The first-order valence-electron chi connectivity index (χ1n) is 3.42. The van der Waals surface area contributed by atoms with Gasteiger partial charge in [0.15, 0.2) is 0 Å². The minimum absolute atomic E-state index is 0.407. The second-order valence-corrected chi connectivity index (χ2v) is 5.48. The van der Waals surface area contributed by atoms with E-state index in [-0.39, 0.29) is 0 Å². The van der Waals surface area contributed by atoms with Gasteiger partial charge in [-0.3, -0.25) is 0 Å². The number of aromatic nitrogens is 2. The second-order valence-electron chi connectivity index (χ2n) is 2.43. The van der Waals surface area contributed by atoms with Crippen molar-refractivity contribution in [1.29, 1.82) is 0 Å². The zero-order valence-electron chi connectivity index (χ0n) is 6.54. The Morgan fingerprint density at radius 2 is 2.15 bits per heavy atom. The predicted octanol–water partition coefficient (Wildman–Crippen LogP) is 3.63. The van der Waals surface area contributed by atoms with Gasteiger partial charge in [0.1, 0.15) is 0 Å². The Labute approximate surface area is 95.4 Å². The molecule has 0 saturated carbocycles. The van der Waals surface area contributed by atoms with Crippen molar-refractivity contribution in [1.82, 2.24) is 10.2 Å². The van der Waals surface area contributed by atoms with Crippen molar-refractivity contribution in [2.45, 2.75) is 6.92 Å². The third-order valence-corrected chi connectivity index (χ3v) is 3.91. The highest BCUT2D eigenvalue weighted by atomic mass is 79.9. The van der Waals surface area contributed by atoms with E-state index in [1.807, 2.05) is 13.0 Å². The fourth-order valence-corrected chi connectivity index (χ4v) is 2.56. The first kappa shape index (κ1) is 9.36. The molecule has 0 N–H and O–H groups in total. The molecule has 2 heterocycles. The quantitative estimate of drug-likeness (QED) is 0.804. The van der Waals surface area contributed by atoms with E-state index in [1.165, 1.54) is 5.56 Å². The molecule has 0 aliphatic heterocycles. The number of nitrogens with zero attached hydrogens (tertiary/aromatic N) is 2. The molecule has 2 rings (SSSR count). The summed E-state index contributed by atoms with van der Waals surface area (Å²) in [4.78, 5) is 1.38. The third-order valence-electron chi connectivity index (χ3n) is 1.47. The molecule has 3 nitrogen and oxygen atoms in total. The van der Waals surface area contributed by atoms with Crippen LogP contribution in [0.3, 0.4) is 0 Å². The largest absolute Gasteiger partial charge is 0.410 e. The Morgan fingerprint density at radius 1 is 1.38 bits per heavy atom. The summed E-state index contributed by atoms with van der Waals surface area (Å²) in [5.74, 6) is 0.547. The zero-order valence-corrected chi connectivity index (χ0v) is 10.5. The fourth-order valence-electron chi connectivity index (χ4n) is 0.870. The summed E-state index contributed by atoms with van der Waals surface area (Å²) in [6, 6.07) is 2.01. The lowest BCUT2D eigenvalue weighted by atomic mass is 10.3. The Kier molecular flexibility index (Phi) is 2.53. The molecule has 68 valence electrons. The summed E-state index contributed by atoms with van der Waals surface area (Å²) < 4.78 is 6.32.